The molecule has 2 fully saturated rings. The lowest BCUT2D eigenvalue weighted by atomic mass is 9.82. The molecule has 0 atom stereocenters. The maximum absolute atomic E-state index is 14.2. The lowest BCUT2D eigenvalue weighted by Crippen LogP contribution is -2.43. The van der Waals surface area contributed by atoms with Gasteiger partial charge in [0.15, 0.2) is 11.4 Å². The molecule has 2 aliphatic rings. The highest BCUT2D eigenvalue weighted by Gasteiger charge is 2.46. The fourth-order valence-corrected chi connectivity index (χ4v) is 5.68. The highest BCUT2D eigenvalue weighted by atomic mass is 19.1. The lowest BCUT2D eigenvalue weighted by molar-refractivity contribution is -0.122. The van der Waals surface area contributed by atoms with E-state index in [1.165, 1.54) is 9.13 Å². The van der Waals surface area contributed by atoms with Crippen LogP contribution in [0.3, 0.4) is 0 Å². The molecular weight excluding hydrogens is 483 g/mol. The van der Waals surface area contributed by atoms with Crippen molar-refractivity contribution in [3.8, 4) is 16.8 Å². The van der Waals surface area contributed by atoms with Crippen molar-refractivity contribution >= 4 is 16.8 Å². The standard InChI is InChI=1S/C30H29FN4O3/c31-22-17-25-27(33-18-22)34(24-8-4-7-21(16-24)20-5-2-1-3-6-20)29(38)35(28(25)37)23-11-9-19(10-12-23)15-26(36)30(32)13-14-30/h1-8,16-19,23H,9-15,32H2. The zero-order valence-electron chi connectivity index (χ0n) is 21.0. The number of carbonyl (C=O) groups is 1. The van der Waals surface area contributed by atoms with Gasteiger partial charge >= 0.3 is 5.69 Å². The van der Waals surface area contributed by atoms with E-state index in [1.807, 2.05) is 48.5 Å². The van der Waals surface area contributed by atoms with Gasteiger partial charge in [-0.3, -0.25) is 14.2 Å². The van der Waals surface area contributed by atoms with Gasteiger partial charge in [-0.2, -0.15) is 0 Å². The molecule has 0 aliphatic heterocycles. The van der Waals surface area contributed by atoms with Crippen molar-refractivity contribution in [1.29, 1.82) is 0 Å². The van der Waals surface area contributed by atoms with Crippen LogP contribution in [0.5, 0.6) is 0 Å². The number of nitrogens with zero attached hydrogens (tertiary/aromatic N) is 3. The molecule has 6 rings (SSSR count). The molecule has 194 valence electrons. The van der Waals surface area contributed by atoms with Crippen LogP contribution in [0.4, 0.5) is 4.39 Å². The van der Waals surface area contributed by atoms with E-state index in [-0.39, 0.29) is 28.8 Å². The van der Waals surface area contributed by atoms with Crippen molar-refractivity contribution in [2.24, 2.45) is 11.7 Å². The molecule has 4 aromatic rings. The first-order valence-electron chi connectivity index (χ1n) is 13.1. The van der Waals surface area contributed by atoms with Crippen LogP contribution in [0.2, 0.25) is 0 Å². The number of nitrogens with two attached hydrogens (primary N) is 1. The van der Waals surface area contributed by atoms with Gasteiger partial charge in [-0.15, -0.1) is 0 Å². The molecule has 0 unspecified atom stereocenters. The average Bonchev–Trinajstić information content (AvgIpc) is 3.69. The number of ketones is 1. The van der Waals surface area contributed by atoms with Gasteiger partial charge in [-0.25, -0.2) is 18.7 Å². The van der Waals surface area contributed by atoms with Gasteiger partial charge in [0.2, 0.25) is 0 Å². The first-order valence-corrected chi connectivity index (χ1v) is 13.1. The van der Waals surface area contributed by atoms with Crippen molar-refractivity contribution in [3.63, 3.8) is 0 Å². The number of benzene rings is 2. The first-order chi connectivity index (χ1) is 18.3. The Morgan fingerprint density at radius 2 is 1.68 bits per heavy atom. The molecule has 0 spiro atoms. The van der Waals surface area contributed by atoms with E-state index in [1.54, 1.807) is 6.07 Å². The van der Waals surface area contributed by atoms with Crippen LogP contribution >= 0.6 is 0 Å². The SMILES string of the molecule is NC1(C(=O)CC2CCC(n3c(=O)c4cc(F)cnc4n(-c4cccc(-c5ccccc5)c4)c3=O)CC2)CC1. The van der Waals surface area contributed by atoms with Crippen LogP contribution in [0.25, 0.3) is 27.8 Å². The molecule has 7 nitrogen and oxygen atoms in total. The number of fused-ring (bicyclic) bond motifs is 1. The van der Waals surface area contributed by atoms with Gasteiger partial charge in [0.05, 0.1) is 22.8 Å². The van der Waals surface area contributed by atoms with Crippen LogP contribution in [0, 0.1) is 11.7 Å². The van der Waals surface area contributed by atoms with Crippen LogP contribution < -0.4 is 17.0 Å². The van der Waals surface area contributed by atoms with Gasteiger partial charge in [-0.1, -0.05) is 42.5 Å². The largest absolute Gasteiger partial charge is 0.337 e. The van der Waals surface area contributed by atoms with Crippen LogP contribution in [0.1, 0.15) is 51.0 Å². The van der Waals surface area contributed by atoms with Gasteiger partial charge in [0.1, 0.15) is 5.82 Å². The molecule has 2 N–H and O–H groups in total. The Kier molecular flexibility index (Phi) is 6.07. The summed E-state index contributed by atoms with van der Waals surface area (Å²) in [7, 11) is 0. The quantitative estimate of drug-likeness (QED) is 0.409. The lowest BCUT2D eigenvalue weighted by Gasteiger charge is -2.30. The molecule has 2 saturated carbocycles. The van der Waals surface area contributed by atoms with Crippen molar-refractivity contribution in [2.45, 2.75) is 56.5 Å². The summed E-state index contributed by atoms with van der Waals surface area (Å²) in [6, 6.07) is 18.0. The summed E-state index contributed by atoms with van der Waals surface area (Å²) in [5, 5.41) is 0.0609. The number of rotatable bonds is 6. The zero-order chi connectivity index (χ0) is 26.4. The number of hydrogen-bond acceptors (Lipinski definition) is 5. The third-order valence-electron chi connectivity index (χ3n) is 8.10. The minimum Gasteiger partial charge on any atom is -0.319 e. The molecule has 0 saturated heterocycles. The third kappa shape index (κ3) is 4.39. The molecule has 38 heavy (non-hydrogen) atoms. The van der Waals surface area contributed by atoms with E-state index in [0.29, 0.717) is 24.9 Å². The fourth-order valence-electron chi connectivity index (χ4n) is 5.68. The van der Waals surface area contributed by atoms with Gasteiger partial charge in [0.25, 0.3) is 5.56 Å². The minimum atomic E-state index is -0.637. The predicted molar refractivity (Wildman–Crippen MR) is 144 cm³/mol. The van der Waals surface area contributed by atoms with Gasteiger partial charge in [-0.05, 0) is 73.8 Å². The van der Waals surface area contributed by atoms with Crippen molar-refractivity contribution in [1.82, 2.24) is 14.1 Å². The Morgan fingerprint density at radius 3 is 2.39 bits per heavy atom. The van der Waals surface area contributed by atoms with Crippen molar-refractivity contribution in [3.05, 3.63) is 93.5 Å². The molecule has 8 heteroatoms. The van der Waals surface area contributed by atoms with Crippen molar-refractivity contribution in [2.75, 3.05) is 0 Å². The molecule has 2 aliphatic carbocycles. The second kappa shape index (κ2) is 9.44. The predicted octanol–water partition coefficient (Wildman–Crippen LogP) is 4.54. The van der Waals surface area contributed by atoms with E-state index in [4.69, 9.17) is 5.73 Å². The fraction of sp³-hybridized carbons (Fsp3) is 0.333. The maximum atomic E-state index is 14.2. The Morgan fingerprint density at radius 1 is 0.974 bits per heavy atom. The summed E-state index contributed by atoms with van der Waals surface area (Å²) in [6.45, 7) is 0. The summed E-state index contributed by atoms with van der Waals surface area (Å²) in [5.74, 6) is -0.326. The Bertz CT molecular complexity index is 1650. The number of hydrogen-bond donors (Lipinski definition) is 1. The number of pyridine rings is 1. The summed E-state index contributed by atoms with van der Waals surface area (Å²) in [4.78, 5) is 44.2. The summed E-state index contributed by atoms with van der Waals surface area (Å²) in [6.07, 6.45) is 5.60. The number of aromatic nitrogens is 3. The van der Waals surface area contributed by atoms with Gasteiger partial charge < -0.3 is 5.73 Å². The topological polar surface area (TPSA) is 100.0 Å². The Labute approximate surface area is 218 Å². The summed E-state index contributed by atoms with van der Waals surface area (Å²) < 4.78 is 16.9. The smallest absolute Gasteiger partial charge is 0.319 e. The number of halogens is 1. The zero-order valence-corrected chi connectivity index (χ0v) is 21.0. The molecule has 0 radical (unpaired) electrons. The Balaban J connectivity index is 1.40. The third-order valence-corrected chi connectivity index (χ3v) is 8.10. The summed E-state index contributed by atoms with van der Waals surface area (Å²) in [5.41, 5.74) is 6.97. The highest BCUT2D eigenvalue weighted by molar-refractivity contribution is 5.91. The molecule has 2 heterocycles. The van der Waals surface area contributed by atoms with Crippen LogP contribution in [-0.4, -0.2) is 25.4 Å². The van der Waals surface area contributed by atoms with Gasteiger partial charge in [0, 0.05) is 12.5 Å². The summed E-state index contributed by atoms with van der Waals surface area (Å²) >= 11 is 0. The molecular formula is C30H29FN4O3. The number of carbonyl (C=O) groups excluding carboxylic acids is 1. The van der Waals surface area contributed by atoms with E-state index in [2.05, 4.69) is 4.98 Å². The first kappa shape index (κ1) is 24.4. The van der Waals surface area contributed by atoms with Crippen LogP contribution in [-0.2, 0) is 4.79 Å². The monoisotopic (exact) mass is 512 g/mol. The molecule has 2 aromatic carbocycles. The normalized spacial score (nSPS) is 20.4. The van der Waals surface area contributed by atoms with E-state index in [0.717, 1.165) is 49.1 Å². The van der Waals surface area contributed by atoms with E-state index >= 15 is 0 Å². The Hall–Kier alpha value is -3.91. The molecule has 0 amide bonds. The maximum Gasteiger partial charge on any atom is 0.337 e. The van der Waals surface area contributed by atoms with E-state index in [9.17, 15) is 18.8 Å². The highest BCUT2D eigenvalue weighted by Crippen LogP contribution is 2.39. The van der Waals surface area contributed by atoms with Crippen LogP contribution in [0.15, 0.2) is 76.4 Å². The second-order valence-corrected chi connectivity index (χ2v) is 10.7. The average molecular weight is 513 g/mol. The second-order valence-electron chi connectivity index (χ2n) is 10.7. The number of Topliss-reactive ketones (excluding diaryl/α,β-unsaturated/α-hetero) is 1. The van der Waals surface area contributed by atoms with E-state index < -0.39 is 22.6 Å². The minimum absolute atomic E-state index is 0.0609. The molecule has 2 aromatic heterocycles. The van der Waals surface area contributed by atoms with Crippen molar-refractivity contribution < 1.29 is 9.18 Å². The molecule has 0 bridgehead atoms.